The molecule has 4 rings (SSSR count). The minimum atomic E-state index is -1.25. The first-order chi connectivity index (χ1) is 20.4. The van der Waals surface area contributed by atoms with Crippen molar-refractivity contribution < 1.29 is 47.3 Å². The normalized spacial score (nSPS) is 21.5. The van der Waals surface area contributed by atoms with E-state index in [4.69, 9.17) is 23.7 Å². The smallest absolute Gasteiger partial charge is 0.303 e. The number of hydrogen-bond donors (Lipinski definition) is 0. The summed E-state index contributed by atoms with van der Waals surface area (Å²) >= 11 is 1.48. The minimum Gasteiger partial charge on any atom is -0.463 e. The van der Waals surface area contributed by atoms with Gasteiger partial charge in [-0.2, -0.15) is 0 Å². The second-order valence-electron chi connectivity index (χ2n) is 10.2. The molecule has 2 heterocycles. The van der Waals surface area contributed by atoms with Crippen LogP contribution < -0.4 is 0 Å². The Kier molecular flexibility index (Phi) is 10.3. The summed E-state index contributed by atoms with van der Waals surface area (Å²) in [4.78, 5) is 49.9. The fourth-order valence-electron chi connectivity index (χ4n) is 5.02. The Morgan fingerprint density at radius 2 is 1.47 bits per heavy atom. The van der Waals surface area contributed by atoms with Gasteiger partial charge in [-0.3, -0.25) is 19.2 Å². The Balaban J connectivity index is 1.71. The number of carbonyl (C=O) groups is 4. The van der Waals surface area contributed by atoms with Gasteiger partial charge in [-0.15, -0.1) is 11.3 Å². The third-order valence-electron chi connectivity index (χ3n) is 6.86. The molecule has 0 amide bonds. The van der Waals surface area contributed by atoms with Gasteiger partial charge in [0.2, 0.25) is 0 Å². The molecule has 5 atom stereocenters. The van der Waals surface area contributed by atoms with Crippen molar-refractivity contribution >= 4 is 35.2 Å². The number of benzene rings is 2. The molecule has 228 valence electrons. The highest BCUT2D eigenvalue weighted by Crippen LogP contribution is 2.39. The van der Waals surface area contributed by atoms with Crippen molar-refractivity contribution in [3.05, 3.63) is 82.0 Å². The monoisotopic (exact) mass is 612 g/mol. The lowest BCUT2D eigenvalue weighted by Gasteiger charge is -2.44. The lowest BCUT2D eigenvalue weighted by molar-refractivity contribution is -0.254. The summed E-state index contributed by atoms with van der Waals surface area (Å²) in [5, 5.41) is 0. The Bertz CT molecular complexity index is 1500. The van der Waals surface area contributed by atoms with Crippen LogP contribution in [0.4, 0.5) is 4.39 Å². The van der Waals surface area contributed by atoms with Gasteiger partial charge in [-0.25, -0.2) is 4.39 Å². The van der Waals surface area contributed by atoms with Gasteiger partial charge >= 0.3 is 23.9 Å². The lowest BCUT2D eigenvalue weighted by atomic mass is 9.88. The van der Waals surface area contributed by atoms with Crippen LogP contribution in [-0.4, -0.2) is 54.9 Å². The number of halogens is 1. The number of thiophene rings is 1. The first kappa shape index (κ1) is 31.8. The van der Waals surface area contributed by atoms with E-state index in [1.165, 1.54) is 45.1 Å². The molecular weight excluding hydrogens is 579 g/mol. The lowest BCUT2D eigenvalue weighted by Crippen LogP contribution is -2.59. The van der Waals surface area contributed by atoms with E-state index >= 15 is 0 Å². The summed E-state index contributed by atoms with van der Waals surface area (Å²) < 4.78 is 42.5. The molecule has 1 aliphatic rings. The van der Waals surface area contributed by atoms with E-state index in [-0.39, 0.29) is 12.4 Å². The van der Waals surface area contributed by atoms with Crippen LogP contribution in [0.5, 0.6) is 0 Å². The van der Waals surface area contributed by atoms with E-state index in [9.17, 15) is 23.6 Å². The molecule has 2 aromatic carbocycles. The molecular formula is C32H33FO9S. The maximum absolute atomic E-state index is 14.4. The Morgan fingerprint density at radius 3 is 2.12 bits per heavy atom. The number of ether oxygens (including phenoxy) is 5. The van der Waals surface area contributed by atoms with Crippen LogP contribution in [0.2, 0.25) is 0 Å². The second-order valence-corrected chi connectivity index (χ2v) is 11.4. The molecule has 1 aromatic heterocycles. The summed E-state index contributed by atoms with van der Waals surface area (Å²) in [5.41, 5.74) is 3.05. The van der Waals surface area contributed by atoms with Crippen LogP contribution in [0.25, 0.3) is 10.4 Å². The molecule has 1 saturated heterocycles. The molecule has 43 heavy (non-hydrogen) atoms. The first-order valence-electron chi connectivity index (χ1n) is 13.7. The molecule has 1 aliphatic heterocycles. The molecule has 0 N–H and O–H groups in total. The predicted molar refractivity (Wildman–Crippen MR) is 155 cm³/mol. The van der Waals surface area contributed by atoms with Crippen molar-refractivity contribution in [3.8, 4) is 10.4 Å². The van der Waals surface area contributed by atoms with Crippen molar-refractivity contribution in [1.29, 1.82) is 0 Å². The number of carbonyl (C=O) groups excluding carboxylic acids is 4. The zero-order chi connectivity index (χ0) is 31.3. The van der Waals surface area contributed by atoms with Gasteiger partial charge in [0.25, 0.3) is 0 Å². The Hall–Kier alpha value is -4.09. The highest BCUT2D eigenvalue weighted by Gasteiger charge is 2.52. The zero-order valence-corrected chi connectivity index (χ0v) is 25.3. The Labute approximate surface area is 252 Å². The average Bonchev–Trinajstić information content (AvgIpc) is 3.39. The van der Waals surface area contributed by atoms with Gasteiger partial charge in [0.15, 0.2) is 18.3 Å². The summed E-state index contributed by atoms with van der Waals surface area (Å²) in [5.74, 6) is -2.93. The van der Waals surface area contributed by atoms with Crippen LogP contribution in [0, 0.1) is 12.7 Å². The van der Waals surface area contributed by atoms with Gasteiger partial charge in [-0.05, 0) is 41.8 Å². The summed E-state index contributed by atoms with van der Waals surface area (Å²) in [7, 11) is 0. The van der Waals surface area contributed by atoms with Gasteiger partial charge in [0.05, 0.1) is 0 Å². The van der Waals surface area contributed by atoms with Crippen molar-refractivity contribution in [2.45, 2.75) is 71.6 Å². The van der Waals surface area contributed by atoms with Crippen molar-refractivity contribution in [1.82, 2.24) is 0 Å². The molecule has 0 bridgehead atoms. The van der Waals surface area contributed by atoms with E-state index in [0.717, 1.165) is 20.9 Å². The van der Waals surface area contributed by atoms with Crippen LogP contribution in [-0.2, 0) is 49.3 Å². The van der Waals surface area contributed by atoms with Crippen LogP contribution in [0.3, 0.4) is 0 Å². The van der Waals surface area contributed by atoms with Crippen molar-refractivity contribution in [2.24, 2.45) is 0 Å². The topological polar surface area (TPSA) is 114 Å². The third kappa shape index (κ3) is 8.05. The van der Waals surface area contributed by atoms with E-state index in [1.807, 2.05) is 31.2 Å². The first-order valence-corrected chi connectivity index (χ1v) is 14.5. The summed E-state index contributed by atoms with van der Waals surface area (Å²) in [6.45, 7) is 6.44. The van der Waals surface area contributed by atoms with E-state index in [0.29, 0.717) is 17.5 Å². The molecule has 0 saturated carbocycles. The van der Waals surface area contributed by atoms with E-state index in [2.05, 4.69) is 0 Å². The SMILES string of the molecule is CC(=O)OC[C@H]1O[C@@H](c2ccc(C)c(Cc3ccc(-c4ccccc4F)s3)c2)[C@H](OC(C)=O)[C@@H](OC(C)=O)[C@@H]1OC(C)=O. The fraction of sp³-hybridized carbons (Fsp3) is 0.375. The van der Waals surface area contributed by atoms with E-state index < -0.39 is 54.4 Å². The predicted octanol–water partition coefficient (Wildman–Crippen LogP) is 5.25. The summed E-state index contributed by atoms with van der Waals surface area (Å²) in [6.07, 6.45) is -5.16. The van der Waals surface area contributed by atoms with Gasteiger partial charge in [0.1, 0.15) is 24.6 Å². The van der Waals surface area contributed by atoms with Crippen molar-refractivity contribution in [3.63, 3.8) is 0 Å². The number of rotatable bonds is 9. The largest absolute Gasteiger partial charge is 0.463 e. The second kappa shape index (κ2) is 13.9. The van der Waals surface area contributed by atoms with Gasteiger partial charge < -0.3 is 23.7 Å². The van der Waals surface area contributed by atoms with Crippen LogP contribution in [0.1, 0.15) is 55.4 Å². The molecule has 0 spiro atoms. The maximum Gasteiger partial charge on any atom is 0.303 e. The highest BCUT2D eigenvalue weighted by atomic mass is 32.1. The van der Waals surface area contributed by atoms with Gasteiger partial charge in [0, 0.05) is 49.4 Å². The fourth-order valence-corrected chi connectivity index (χ4v) is 6.08. The van der Waals surface area contributed by atoms with E-state index in [1.54, 1.807) is 24.3 Å². The molecule has 3 aromatic rings. The van der Waals surface area contributed by atoms with Crippen LogP contribution >= 0.6 is 11.3 Å². The quantitative estimate of drug-likeness (QED) is 0.236. The molecule has 11 heteroatoms. The Morgan fingerprint density at radius 1 is 0.814 bits per heavy atom. The average molecular weight is 613 g/mol. The maximum atomic E-state index is 14.4. The number of hydrogen-bond acceptors (Lipinski definition) is 10. The highest BCUT2D eigenvalue weighted by molar-refractivity contribution is 7.15. The molecule has 1 fully saturated rings. The molecule has 0 unspecified atom stereocenters. The standard InChI is InChI=1S/C32H33FO9S/c1-17-10-11-22(14-23(17)15-24-12-13-28(43-24)25-8-6-7-9-26(25)33)29-31(40-20(4)36)32(41-21(5)37)30(39-19(3)35)27(42-29)16-38-18(2)34/h6-14,27,29-32H,15-16H2,1-5H3/t27-,29+,30-,31+,32+/m1/s1. The molecule has 0 aliphatic carbocycles. The van der Waals surface area contributed by atoms with Crippen molar-refractivity contribution in [2.75, 3.05) is 6.61 Å². The molecule has 9 nitrogen and oxygen atoms in total. The molecule has 0 radical (unpaired) electrons. The zero-order valence-electron chi connectivity index (χ0n) is 24.5. The van der Waals surface area contributed by atoms with Gasteiger partial charge in [-0.1, -0.05) is 36.4 Å². The number of aryl methyl sites for hydroxylation is 1. The minimum absolute atomic E-state index is 0.294. The number of esters is 4. The third-order valence-corrected chi connectivity index (χ3v) is 7.98. The van der Waals surface area contributed by atoms with Crippen LogP contribution in [0.15, 0.2) is 54.6 Å². The summed E-state index contributed by atoms with van der Waals surface area (Å²) in [6, 6.07) is 16.0.